The van der Waals surface area contributed by atoms with E-state index in [-0.39, 0.29) is 23.9 Å². The maximum atomic E-state index is 12.0. The van der Waals surface area contributed by atoms with E-state index >= 15 is 0 Å². The molecule has 1 amide bonds. The number of carbonyl (C=O) groups excluding carboxylic acids is 1. The standard InChI is InChI=1S/C16H26N2O.ClH/c1-5-16(17,6-2)11-18-15(19)14-9-7-13(8-10-14)12(3)4;/h7-10,12H,5-6,11,17H2,1-4H3,(H,18,19);1H. The number of halogens is 1. The van der Waals surface area contributed by atoms with Crippen molar-refractivity contribution in [2.24, 2.45) is 5.73 Å². The first-order chi connectivity index (χ1) is 8.91. The van der Waals surface area contributed by atoms with Crippen LogP contribution in [0.2, 0.25) is 0 Å². The van der Waals surface area contributed by atoms with Gasteiger partial charge in [0.05, 0.1) is 0 Å². The topological polar surface area (TPSA) is 55.1 Å². The van der Waals surface area contributed by atoms with Crippen molar-refractivity contribution >= 4 is 18.3 Å². The van der Waals surface area contributed by atoms with Crippen molar-refractivity contribution in [1.29, 1.82) is 0 Å². The predicted octanol–water partition coefficient (Wildman–Crippen LogP) is 3.48. The maximum Gasteiger partial charge on any atom is 0.251 e. The molecule has 0 fully saturated rings. The van der Waals surface area contributed by atoms with E-state index < -0.39 is 0 Å². The fourth-order valence-corrected chi connectivity index (χ4v) is 1.88. The van der Waals surface area contributed by atoms with Gasteiger partial charge in [0.2, 0.25) is 0 Å². The van der Waals surface area contributed by atoms with Crippen LogP contribution in [-0.2, 0) is 0 Å². The number of amides is 1. The largest absolute Gasteiger partial charge is 0.350 e. The van der Waals surface area contributed by atoms with Gasteiger partial charge in [-0.15, -0.1) is 12.4 Å². The first-order valence-corrected chi connectivity index (χ1v) is 7.09. The molecular weight excluding hydrogens is 272 g/mol. The first-order valence-electron chi connectivity index (χ1n) is 7.09. The molecule has 0 aliphatic heterocycles. The lowest BCUT2D eigenvalue weighted by Gasteiger charge is -2.26. The third-order valence-corrected chi connectivity index (χ3v) is 3.85. The molecule has 0 aromatic heterocycles. The van der Waals surface area contributed by atoms with Crippen LogP contribution in [0, 0.1) is 0 Å². The van der Waals surface area contributed by atoms with Gasteiger partial charge in [0.25, 0.3) is 5.91 Å². The number of benzene rings is 1. The maximum absolute atomic E-state index is 12.0. The van der Waals surface area contributed by atoms with Gasteiger partial charge in [-0.05, 0) is 36.5 Å². The molecule has 4 heteroatoms. The molecule has 0 aliphatic rings. The molecule has 0 heterocycles. The zero-order valence-electron chi connectivity index (χ0n) is 12.9. The summed E-state index contributed by atoms with van der Waals surface area (Å²) in [6.45, 7) is 8.89. The van der Waals surface area contributed by atoms with E-state index in [0.29, 0.717) is 18.0 Å². The minimum atomic E-state index is -0.298. The SMILES string of the molecule is CCC(N)(CC)CNC(=O)c1ccc(C(C)C)cc1.Cl. The lowest BCUT2D eigenvalue weighted by Crippen LogP contribution is -2.49. The highest BCUT2D eigenvalue weighted by atomic mass is 35.5. The Morgan fingerprint density at radius 2 is 1.70 bits per heavy atom. The number of nitrogens with one attached hydrogen (secondary N) is 1. The zero-order valence-corrected chi connectivity index (χ0v) is 13.7. The van der Waals surface area contributed by atoms with E-state index in [9.17, 15) is 4.79 Å². The summed E-state index contributed by atoms with van der Waals surface area (Å²) in [6.07, 6.45) is 1.71. The van der Waals surface area contributed by atoms with E-state index in [1.54, 1.807) is 0 Å². The van der Waals surface area contributed by atoms with Gasteiger partial charge in [-0.1, -0.05) is 39.8 Å². The summed E-state index contributed by atoms with van der Waals surface area (Å²) in [5, 5.41) is 2.93. The first kappa shape index (κ1) is 18.9. The van der Waals surface area contributed by atoms with Gasteiger partial charge >= 0.3 is 0 Å². The average Bonchev–Trinajstić information content (AvgIpc) is 2.44. The second-order valence-electron chi connectivity index (χ2n) is 5.53. The minimum Gasteiger partial charge on any atom is -0.350 e. The van der Waals surface area contributed by atoms with Gasteiger partial charge in [-0.25, -0.2) is 0 Å². The van der Waals surface area contributed by atoms with Crippen LogP contribution in [0.1, 0.15) is 62.4 Å². The fourth-order valence-electron chi connectivity index (χ4n) is 1.88. The number of carbonyl (C=O) groups is 1. The third kappa shape index (κ3) is 5.14. The molecule has 114 valence electrons. The van der Waals surface area contributed by atoms with Crippen LogP contribution in [-0.4, -0.2) is 18.0 Å². The molecule has 0 saturated carbocycles. The summed E-state index contributed by atoms with van der Waals surface area (Å²) in [4.78, 5) is 12.0. The molecule has 3 nitrogen and oxygen atoms in total. The molecule has 0 unspecified atom stereocenters. The Morgan fingerprint density at radius 3 is 2.10 bits per heavy atom. The number of hydrogen-bond acceptors (Lipinski definition) is 2. The lowest BCUT2D eigenvalue weighted by molar-refractivity contribution is 0.0942. The summed E-state index contributed by atoms with van der Waals surface area (Å²) in [6, 6.07) is 7.77. The van der Waals surface area contributed by atoms with Crippen LogP contribution in [0.25, 0.3) is 0 Å². The molecule has 0 atom stereocenters. The van der Waals surface area contributed by atoms with Crippen LogP contribution < -0.4 is 11.1 Å². The van der Waals surface area contributed by atoms with Gasteiger partial charge < -0.3 is 11.1 Å². The summed E-state index contributed by atoms with van der Waals surface area (Å²) in [5.74, 6) is 0.431. The number of nitrogens with two attached hydrogens (primary N) is 1. The molecule has 20 heavy (non-hydrogen) atoms. The Bertz CT molecular complexity index is 411. The molecule has 0 bridgehead atoms. The molecule has 1 rings (SSSR count). The normalized spacial score (nSPS) is 11.1. The second kappa shape index (κ2) is 8.28. The molecule has 0 spiro atoms. The average molecular weight is 299 g/mol. The zero-order chi connectivity index (χ0) is 14.5. The number of hydrogen-bond donors (Lipinski definition) is 2. The molecule has 0 saturated heterocycles. The van der Waals surface area contributed by atoms with Crippen LogP contribution in [0.4, 0.5) is 0 Å². The molecule has 1 aromatic carbocycles. The summed E-state index contributed by atoms with van der Waals surface area (Å²) in [7, 11) is 0. The monoisotopic (exact) mass is 298 g/mol. The van der Waals surface area contributed by atoms with Gasteiger partial charge in [0, 0.05) is 17.6 Å². The van der Waals surface area contributed by atoms with Crippen LogP contribution >= 0.6 is 12.4 Å². The quantitative estimate of drug-likeness (QED) is 0.845. The van der Waals surface area contributed by atoms with Gasteiger partial charge in [-0.3, -0.25) is 4.79 Å². The molecule has 0 aliphatic carbocycles. The summed E-state index contributed by atoms with van der Waals surface area (Å²) in [5.41, 5.74) is 7.81. The van der Waals surface area contributed by atoms with Gasteiger partial charge in [0.15, 0.2) is 0 Å². The molecular formula is C16H27ClN2O. The van der Waals surface area contributed by atoms with E-state index in [4.69, 9.17) is 5.73 Å². The van der Waals surface area contributed by atoms with Crippen molar-refractivity contribution in [2.45, 2.75) is 52.0 Å². The highest BCUT2D eigenvalue weighted by Gasteiger charge is 2.21. The molecule has 0 radical (unpaired) electrons. The van der Waals surface area contributed by atoms with E-state index in [1.165, 1.54) is 5.56 Å². The van der Waals surface area contributed by atoms with Gasteiger partial charge in [-0.2, -0.15) is 0 Å². The van der Waals surface area contributed by atoms with Gasteiger partial charge in [0.1, 0.15) is 0 Å². The molecule has 3 N–H and O–H groups in total. The summed E-state index contributed by atoms with van der Waals surface area (Å²) >= 11 is 0. The van der Waals surface area contributed by atoms with E-state index in [0.717, 1.165) is 12.8 Å². The van der Waals surface area contributed by atoms with E-state index in [1.807, 2.05) is 38.1 Å². The highest BCUT2D eigenvalue weighted by Crippen LogP contribution is 2.15. The van der Waals surface area contributed by atoms with E-state index in [2.05, 4.69) is 19.2 Å². The van der Waals surface area contributed by atoms with Crippen LogP contribution in [0.3, 0.4) is 0 Å². The second-order valence-corrected chi connectivity index (χ2v) is 5.53. The van der Waals surface area contributed by atoms with Crippen molar-refractivity contribution in [2.75, 3.05) is 6.54 Å². The Kier molecular flexibility index (Phi) is 7.84. The van der Waals surface area contributed by atoms with Crippen molar-refractivity contribution in [3.63, 3.8) is 0 Å². The van der Waals surface area contributed by atoms with Crippen molar-refractivity contribution in [3.8, 4) is 0 Å². The third-order valence-electron chi connectivity index (χ3n) is 3.85. The molecule has 1 aromatic rings. The Hall–Kier alpha value is -1.06. The Morgan fingerprint density at radius 1 is 1.20 bits per heavy atom. The highest BCUT2D eigenvalue weighted by molar-refractivity contribution is 5.94. The minimum absolute atomic E-state index is 0. The van der Waals surface area contributed by atoms with Crippen molar-refractivity contribution in [1.82, 2.24) is 5.32 Å². The van der Waals surface area contributed by atoms with Crippen molar-refractivity contribution in [3.05, 3.63) is 35.4 Å². The fraction of sp³-hybridized carbons (Fsp3) is 0.562. The Labute approximate surface area is 128 Å². The summed E-state index contributed by atoms with van der Waals surface area (Å²) < 4.78 is 0. The van der Waals surface area contributed by atoms with Crippen LogP contribution in [0.15, 0.2) is 24.3 Å². The smallest absolute Gasteiger partial charge is 0.251 e. The lowest BCUT2D eigenvalue weighted by atomic mass is 9.94. The van der Waals surface area contributed by atoms with Crippen LogP contribution in [0.5, 0.6) is 0 Å². The Balaban J connectivity index is 0.00000361. The number of rotatable bonds is 6. The van der Waals surface area contributed by atoms with Crippen molar-refractivity contribution < 1.29 is 4.79 Å². The predicted molar refractivity (Wildman–Crippen MR) is 87.6 cm³/mol.